The van der Waals surface area contributed by atoms with Crippen LogP contribution in [0.4, 0.5) is 0 Å². The maximum Gasteiger partial charge on any atom is 0.0602 e. The van der Waals surface area contributed by atoms with Crippen molar-refractivity contribution in [2.75, 3.05) is 0 Å². The molecule has 3 atom stereocenters. The Morgan fingerprint density at radius 1 is 1.13 bits per heavy atom. The van der Waals surface area contributed by atoms with Crippen LogP contribution < -0.4 is 0 Å². The average Bonchev–Trinajstić information content (AvgIpc) is 2.40. The highest BCUT2D eigenvalue weighted by Gasteiger charge is 2.20. The monoisotopic (exact) mass is 324 g/mol. The van der Waals surface area contributed by atoms with Crippen molar-refractivity contribution in [2.45, 2.75) is 96.4 Å². The Labute approximate surface area is 142 Å². The third-order valence-corrected chi connectivity index (χ3v) is 4.56. The van der Waals surface area contributed by atoms with Crippen LogP contribution in [0.15, 0.2) is 23.8 Å². The summed E-state index contributed by atoms with van der Waals surface area (Å²) < 4.78 is 0. The Morgan fingerprint density at radius 3 is 2.35 bits per heavy atom. The molecule has 1 aliphatic rings. The number of aliphatic hydroxyl groups excluding tert-OH is 2. The minimum absolute atomic E-state index is 0.386. The number of allylic oxidation sites excluding steroid dienone is 3. The maximum atomic E-state index is 9.70. The van der Waals surface area contributed by atoms with E-state index in [9.17, 15) is 15.3 Å². The fourth-order valence-corrected chi connectivity index (χ4v) is 3.22. The van der Waals surface area contributed by atoms with Crippen molar-refractivity contribution in [3.63, 3.8) is 0 Å². The van der Waals surface area contributed by atoms with E-state index in [2.05, 4.69) is 25.2 Å². The van der Waals surface area contributed by atoms with E-state index in [1.54, 1.807) is 0 Å². The first-order valence-electron chi connectivity index (χ1n) is 9.19. The van der Waals surface area contributed by atoms with E-state index < -0.39 is 5.60 Å². The van der Waals surface area contributed by atoms with Crippen LogP contribution in [0, 0.1) is 5.92 Å². The van der Waals surface area contributed by atoms with Gasteiger partial charge < -0.3 is 15.3 Å². The second-order valence-electron chi connectivity index (χ2n) is 7.95. The van der Waals surface area contributed by atoms with E-state index in [0.717, 1.165) is 24.8 Å². The lowest BCUT2D eigenvalue weighted by molar-refractivity contribution is 0.0609. The minimum Gasteiger partial charge on any atom is -0.393 e. The molecule has 3 heteroatoms. The van der Waals surface area contributed by atoms with Crippen molar-refractivity contribution in [1.82, 2.24) is 0 Å². The van der Waals surface area contributed by atoms with Crippen molar-refractivity contribution in [3.05, 3.63) is 23.8 Å². The molecule has 0 aliphatic heterocycles. The molecule has 1 unspecified atom stereocenters. The Balaban J connectivity index is 2.12. The second-order valence-corrected chi connectivity index (χ2v) is 7.95. The van der Waals surface area contributed by atoms with Gasteiger partial charge in [-0.25, -0.2) is 0 Å². The van der Waals surface area contributed by atoms with Crippen molar-refractivity contribution >= 4 is 0 Å². The first-order valence-corrected chi connectivity index (χ1v) is 9.19. The lowest BCUT2D eigenvalue weighted by atomic mass is 9.90. The number of hydrogen-bond acceptors (Lipinski definition) is 3. The molecule has 0 amide bonds. The largest absolute Gasteiger partial charge is 0.393 e. The number of unbranched alkanes of at least 4 members (excludes halogenated alkanes) is 1. The standard InChI is InChI=1S/C20H36O3/c1-16(10-8-12-20(2,3)23)9-6-4-5-7-11-17-13-18(21)15-19(22)14-17/h5,7,11,16,18-19,21-23H,4,6,8-10,12-15H2,1-3H3/t16?,18-,19-/m1/s1. The van der Waals surface area contributed by atoms with E-state index in [4.69, 9.17) is 0 Å². The van der Waals surface area contributed by atoms with Crippen LogP contribution in [-0.2, 0) is 0 Å². The molecule has 3 N–H and O–H groups in total. The smallest absolute Gasteiger partial charge is 0.0602 e. The zero-order chi connectivity index (χ0) is 17.3. The van der Waals surface area contributed by atoms with E-state index in [1.165, 1.54) is 19.3 Å². The molecule has 23 heavy (non-hydrogen) atoms. The summed E-state index contributed by atoms with van der Waals surface area (Å²) in [6.45, 7) is 6.05. The molecule has 134 valence electrons. The molecule has 1 aliphatic carbocycles. The van der Waals surface area contributed by atoms with E-state index >= 15 is 0 Å². The van der Waals surface area contributed by atoms with Gasteiger partial charge in [0, 0.05) is 0 Å². The second kappa shape index (κ2) is 10.3. The molecule has 0 heterocycles. The highest BCUT2D eigenvalue weighted by Crippen LogP contribution is 2.24. The van der Waals surface area contributed by atoms with Gasteiger partial charge >= 0.3 is 0 Å². The number of aliphatic hydroxyl groups is 3. The summed E-state index contributed by atoms with van der Waals surface area (Å²) in [5, 5.41) is 29.0. The topological polar surface area (TPSA) is 60.7 Å². The normalized spacial score (nSPS) is 24.2. The minimum atomic E-state index is -0.532. The first kappa shape index (κ1) is 20.4. The van der Waals surface area contributed by atoms with Crippen LogP contribution in [0.3, 0.4) is 0 Å². The molecule has 0 spiro atoms. The summed E-state index contributed by atoms with van der Waals surface area (Å²) in [4.78, 5) is 0. The van der Waals surface area contributed by atoms with Gasteiger partial charge in [0.15, 0.2) is 0 Å². The van der Waals surface area contributed by atoms with Crippen molar-refractivity contribution < 1.29 is 15.3 Å². The molecule has 0 aromatic rings. The van der Waals surface area contributed by atoms with Crippen LogP contribution >= 0.6 is 0 Å². The SMILES string of the molecule is CC(CCCC=CC=C1C[C@@H](O)C[C@H](O)C1)CCCC(C)(C)O. The van der Waals surface area contributed by atoms with E-state index in [0.29, 0.717) is 25.2 Å². The molecule has 1 saturated carbocycles. The molecule has 0 saturated heterocycles. The fourth-order valence-electron chi connectivity index (χ4n) is 3.22. The summed E-state index contributed by atoms with van der Waals surface area (Å²) in [5.74, 6) is 0.716. The molecule has 0 aromatic heterocycles. The van der Waals surface area contributed by atoms with Gasteiger partial charge in [0.2, 0.25) is 0 Å². The van der Waals surface area contributed by atoms with Crippen LogP contribution in [0.5, 0.6) is 0 Å². The van der Waals surface area contributed by atoms with Gasteiger partial charge in [-0.15, -0.1) is 0 Å². The lowest BCUT2D eigenvalue weighted by Crippen LogP contribution is -2.24. The Hall–Kier alpha value is -0.640. The molecule has 1 rings (SSSR count). The summed E-state index contributed by atoms with van der Waals surface area (Å²) >= 11 is 0. The fraction of sp³-hybridized carbons (Fsp3) is 0.800. The predicted octanol–water partition coefficient (Wildman–Crippen LogP) is 4.12. The molecule has 1 fully saturated rings. The van der Waals surface area contributed by atoms with Crippen LogP contribution in [0.25, 0.3) is 0 Å². The van der Waals surface area contributed by atoms with E-state index in [1.807, 2.05) is 13.8 Å². The molecular formula is C20H36O3. The molecule has 0 radical (unpaired) electrons. The molecule has 3 nitrogen and oxygen atoms in total. The quantitative estimate of drug-likeness (QED) is 0.559. The molecule has 0 aromatic carbocycles. The molecule has 0 bridgehead atoms. The highest BCUT2D eigenvalue weighted by atomic mass is 16.3. The average molecular weight is 325 g/mol. The Bertz CT molecular complexity index is 367. The summed E-state index contributed by atoms with van der Waals surface area (Å²) in [5.41, 5.74) is 0.614. The van der Waals surface area contributed by atoms with Gasteiger partial charge in [0.05, 0.1) is 17.8 Å². The zero-order valence-electron chi connectivity index (χ0n) is 15.2. The van der Waals surface area contributed by atoms with Gasteiger partial charge in [0.25, 0.3) is 0 Å². The van der Waals surface area contributed by atoms with Crippen molar-refractivity contribution in [1.29, 1.82) is 0 Å². The van der Waals surface area contributed by atoms with E-state index in [-0.39, 0.29) is 12.2 Å². The van der Waals surface area contributed by atoms with Gasteiger partial charge in [-0.1, -0.05) is 50.0 Å². The maximum absolute atomic E-state index is 9.70. The third kappa shape index (κ3) is 10.7. The van der Waals surface area contributed by atoms with Crippen molar-refractivity contribution in [2.24, 2.45) is 5.92 Å². The molecular weight excluding hydrogens is 288 g/mol. The summed E-state index contributed by atoms with van der Waals surface area (Å²) in [7, 11) is 0. The highest BCUT2D eigenvalue weighted by molar-refractivity contribution is 5.16. The van der Waals surface area contributed by atoms with Crippen molar-refractivity contribution in [3.8, 4) is 0 Å². The van der Waals surface area contributed by atoms with Gasteiger partial charge in [-0.3, -0.25) is 0 Å². The zero-order valence-corrected chi connectivity index (χ0v) is 15.2. The van der Waals surface area contributed by atoms with Gasteiger partial charge in [-0.05, 0) is 58.3 Å². The predicted molar refractivity (Wildman–Crippen MR) is 96.3 cm³/mol. The third-order valence-electron chi connectivity index (χ3n) is 4.56. The van der Waals surface area contributed by atoms with Gasteiger partial charge in [0.1, 0.15) is 0 Å². The first-order chi connectivity index (χ1) is 10.8. The number of rotatable bonds is 9. The summed E-state index contributed by atoms with van der Waals surface area (Å²) in [6, 6.07) is 0. The van der Waals surface area contributed by atoms with Crippen LogP contribution in [0.2, 0.25) is 0 Å². The number of hydrogen-bond donors (Lipinski definition) is 3. The van der Waals surface area contributed by atoms with Crippen LogP contribution in [-0.4, -0.2) is 33.1 Å². The van der Waals surface area contributed by atoms with Gasteiger partial charge in [-0.2, -0.15) is 0 Å². The van der Waals surface area contributed by atoms with Crippen LogP contribution in [0.1, 0.15) is 78.6 Å². The Kier molecular flexibility index (Phi) is 9.11. The lowest BCUT2D eigenvalue weighted by Gasteiger charge is -2.24. The summed E-state index contributed by atoms with van der Waals surface area (Å²) in [6.07, 6.45) is 14.1. The Morgan fingerprint density at radius 2 is 1.74 bits per heavy atom.